The monoisotopic (exact) mass is 373 g/mol. The highest BCUT2D eigenvalue weighted by atomic mass is 35.5. The molecule has 2 N–H and O–H groups in total. The number of benzene rings is 2. The summed E-state index contributed by atoms with van der Waals surface area (Å²) in [5.74, 6) is 1.25. The summed E-state index contributed by atoms with van der Waals surface area (Å²) in [4.78, 5) is 5.82. The molecule has 1 unspecified atom stereocenters. The fraction of sp³-hybridized carbons (Fsp3) is 0.263. The van der Waals surface area contributed by atoms with Gasteiger partial charge in [-0.3, -0.25) is 0 Å². The Morgan fingerprint density at radius 1 is 1.00 bits per heavy atom. The van der Waals surface area contributed by atoms with Crippen molar-refractivity contribution in [3.8, 4) is 0 Å². The van der Waals surface area contributed by atoms with Gasteiger partial charge < -0.3 is 10.3 Å². The predicted octanol–water partition coefficient (Wildman–Crippen LogP) is 4.71. The van der Waals surface area contributed by atoms with Crippen molar-refractivity contribution in [1.29, 1.82) is 0 Å². The van der Waals surface area contributed by atoms with Crippen LogP contribution in [0.3, 0.4) is 0 Å². The van der Waals surface area contributed by atoms with Crippen molar-refractivity contribution in [3.63, 3.8) is 0 Å². The second kappa shape index (κ2) is 7.60. The minimum absolute atomic E-state index is 0. The van der Waals surface area contributed by atoms with Crippen LogP contribution in [0.4, 0.5) is 0 Å². The highest BCUT2D eigenvalue weighted by Crippen LogP contribution is 2.42. The van der Waals surface area contributed by atoms with Crippen LogP contribution in [0.5, 0.6) is 0 Å². The lowest BCUT2D eigenvalue weighted by Crippen LogP contribution is -2.44. The van der Waals surface area contributed by atoms with Crippen LogP contribution in [0.1, 0.15) is 41.8 Å². The minimum atomic E-state index is -0.402. The van der Waals surface area contributed by atoms with E-state index >= 15 is 0 Å². The van der Waals surface area contributed by atoms with E-state index in [9.17, 15) is 0 Å². The maximum Gasteiger partial charge on any atom is 0.244 e. The molecule has 1 heterocycles. The molecule has 6 heteroatoms. The fourth-order valence-corrected chi connectivity index (χ4v) is 3.93. The van der Waals surface area contributed by atoms with Crippen LogP contribution >= 0.6 is 24.2 Å². The minimum Gasteiger partial charge on any atom is -0.338 e. The van der Waals surface area contributed by atoms with E-state index < -0.39 is 5.54 Å². The Labute approximate surface area is 157 Å². The SMILES string of the molecule is Cl.NC1(c2noc(C(Sc3ccccc3)c3ccccc3)n2)CCC1. The molecule has 0 amide bonds. The molecular formula is C19H20ClN3OS. The van der Waals surface area contributed by atoms with Gasteiger partial charge in [0.05, 0.1) is 5.54 Å². The molecule has 2 aromatic carbocycles. The number of nitrogens with two attached hydrogens (primary N) is 1. The second-order valence-electron chi connectivity index (χ2n) is 6.19. The Hall–Kier alpha value is -1.82. The number of rotatable bonds is 5. The Morgan fingerprint density at radius 3 is 2.24 bits per heavy atom. The summed E-state index contributed by atoms with van der Waals surface area (Å²) in [5.41, 5.74) is 7.07. The quantitative estimate of drug-likeness (QED) is 0.656. The number of hydrogen-bond acceptors (Lipinski definition) is 5. The summed E-state index contributed by atoms with van der Waals surface area (Å²) in [7, 11) is 0. The van der Waals surface area contributed by atoms with Gasteiger partial charge >= 0.3 is 0 Å². The molecule has 25 heavy (non-hydrogen) atoms. The van der Waals surface area contributed by atoms with Crippen LogP contribution in [0.15, 0.2) is 70.1 Å². The van der Waals surface area contributed by atoms with E-state index in [4.69, 9.17) is 10.3 Å². The molecule has 1 atom stereocenters. The van der Waals surface area contributed by atoms with E-state index in [0.717, 1.165) is 29.7 Å². The van der Waals surface area contributed by atoms with Crippen molar-refractivity contribution >= 4 is 24.2 Å². The highest BCUT2D eigenvalue weighted by molar-refractivity contribution is 7.99. The van der Waals surface area contributed by atoms with Gasteiger partial charge in [0, 0.05) is 4.90 Å². The van der Waals surface area contributed by atoms with Gasteiger partial charge in [0.1, 0.15) is 5.25 Å². The van der Waals surface area contributed by atoms with Crippen LogP contribution in [0, 0.1) is 0 Å². The van der Waals surface area contributed by atoms with Crippen LogP contribution < -0.4 is 5.73 Å². The van der Waals surface area contributed by atoms with Crippen molar-refractivity contribution in [3.05, 3.63) is 77.9 Å². The van der Waals surface area contributed by atoms with Crippen molar-refractivity contribution in [2.24, 2.45) is 5.73 Å². The van der Waals surface area contributed by atoms with Gasteiger partial charge in [-0.25, -0.2) is 0 Å². The molecule has 0 spiro atoms. The topological polar surface area (TPSA) is 64.9 Å². The summed E-state index contributed by atoms with van der Waals surface area (Å²) < 4.78 is 5.61. The van der Waals surface area contributed by atoms with E-state index in [0.29, 0.717) is 11.7 Å². The molecule has 1 saturated carbocycles. The molecule has 1 aromatic heterocycles. The number of aromatic nitrogens is 2. The number of nitrogens with zero attached hydrogens (tertiary/aromatic N) is 2. The van der Waals surface area contributed by atoms with Gasteiger partial charge in [-0.2, -0.15) is 4.98 Å². The highest BCUT2D eigenvalue weighted by Gasteiger charge is 2.39. The summed E-state index contributed by atoms with van der Waals surface area (Å²) in [6.07, 6.45) is 2.98. The predicted molar refractivity (Wildman–Crippen MR) is 102 cm³/mol. The lowest BCUT2D eigenvalue weighted by atomic mass is 9.77. The number of thioether (sulfide) groups is 1. The molecule has 0 radical (unpaired) electrons. The Kier molecular flexibility index (Phi) is 5.47. The zero-order valence-corrected chi connectivity index (χ0v) is 15.3. The van der Waals surface area contributed by atoms with Crippen molar-refractivity contribution in [2.45, 2.75) is 34.9 Å². The Balaban J connectivity index is 0.00000182. The first-order chi connectivity index (χ1) is 11.7. The molecule has 3 aromatic rings. The zero-order valence-electron chi connectivity index (χ0n) is 13.7. The van der Waals surface area contributed by atoms with E-state index in [-0.39, 0.29) is 17.7 Å². The summed E-state index contributed by atoms with van der Waals surface area (Å²) in [6.45, 7) is 0. The molecular weight excluding hydrogens is 354 g/mol. The van der Waals surface area contributed by atoms with Gasteiger partial charge in [0.15, 0.2) is 5.82 Å². The van der Waals surface area contributed by atoms with Gasteiger partial charge in [-0.05, 0) is 37.0 Å². The third kappa shape index (κ3) is 3.73. The lowest BCUT2D eigenvalue weighted by Gasteiger charge is -2.34. The average Bonchev–Trinajstić information content (AvgIpc) is 3.09. The maximum atomic E-state index is 6.34. The first kappa shape index (κ1) is 18.0. The maximum absolute atomic E-state index is 6.34. The van der Waals surface area contributed by atoms with E-state index in [1.165, 1.54) is 0 Å². The van der Waals surface area contributed by atoms with Gasteiger partial charge in [-0.15, -0.1) is 24.2 Å². The molecule has 0 bridgehead atoms. The van der Waals surface area contributed by atoms with Crippen molar-refractivity contribution in [2.75, 3.05) is 0 Å². The average molecular weight is 374 g/mol. The second-order valence-corrected chi connectivity index (χ2v) is 7.37. The smallest absolute Gasteiger partial charge is 0.244 e. The molecule has 0 aliphatic heterocycles. The third-order valence-corrected chi connectivity index (χ3v) is 5.71. The lowest BCUT2D eigenvalue weighted by molar-refractivity contribution is 0.229. The molecule has 0 saturated heterocycles. The van der Waals surface area contributed by atoms with E-state index in [1.807, 2.05) is 36.4 Å². The van der Waals surface area contributed by atoms with Gasteiger partial charge in [0.2, 0.25) is 5.89 Å². The third-order valence-electron chi connectivity index (χ3n) is 4.46. The Bertz CT molecular complexity index is 806. The molecule has 130 valence electrons. The van der Waals surface area contributed by atoms with Crippen molar-refractivity contribution < 1.29 is 4.52 Å². The zero-order chi connectivity index (χ0) is 16.4. The van der Waals surface area contributed by atoms with Crippen LogP contribution in [0.2, 0.25) is 0 Å². The molecule has 4 nitrogen and oxygen atoms in total. The Morgan fingerprint density at radius 2 is 1.64 bits per heavy atom. The summed E-state index contributed by atoms with van der Waals surface area (Å²) in [6, 6.07) is 20.5. The van der Waals surface area contributed by atoms with Crippen LogP contribution in [0.25, 0.3) is 0 Å². The fourth-order valence-electron chi connectivity index (χ4n) is 2.85. The van der Waals surface area contributed by atoms with E-state index in [1.54, 1.807) is 11.8 Å². The number of hydrogen-bond donors (Lipinski definition) is 1. The molecule has 4 rings (SSSR count). The standard InChI is InChI=1S/C19H19N3OS.ClH/c20-19(12-7-13-19)18-21-17(23-22-18)16(14-8-3-1-4-9-14)24-15-10-5-2-6-11-15;/h1-6,8-11,16H,7,12-13,20H2;1H. The first-order valence-electron chi connectivity index (χ1n) is 8.14. The van der Waals surface area contributed by atoms with Crippen LogP contribution in [-0.4, -0.2) is 10.1 Å². The number of halogens is 1. The molecule has 1 fully saturated rings. The summed E-state index contributed by atoms with van der Waals surface area (Å²) in [5, 5.41) is 4.13. The summed E-state index contributed by atoms with van der Waals surface area (Å²) >= 11 is 1.71. The molecule has 1 aliphatic rings. The van der Waals surface area contributed by atoms with E-state index in [2.05, 4.69) is 34.4 Å². The van der Waals surface area contributed by atoms with Gasteiger partial charge in [0.25, 0.3) is 0 Å². The molecule has 1 aliphatic carbocycles. The normalized spacial score (nSPS) is 16.5. The van der Waals surface area contributed by atoms with Crippen molar-refractivity contribution in [1.82, 2.24) is 10.1 Å². The van der Waals surface area contributed by atoms with Gasteiger partial charge in [-0.1, -0.05) is 53.7 Å². The largest absolute Gasteiger partial charge is 0.338 e. The van der Waals surface area contributed by atoms with Crippen LogP contribution in [-0.2, 0) is 5.54 Å². The first-order valence-corrected chi connectivity index (χ1v) is 9.02.